The highest BCUT2D eigenvalue weighted by Gasteiger charge is 2.05. The molecule has 0 amide bonds. The monoisotopic (exact) mass is 394 g/mol. The zero-order valence-corrected chi connectivity index (χ0v) is 13.2. The molecule has 100 valence electrons. The van der Waals surface area contributed by atoms with E-state index in [1.807, 2.05) is 30.3 Å². The summed E-state index contributed by atoms with van der Waals surface area (Å²) in [6, 6.07) is 9.63. The third-order valence-electron chi connectivity index (χ3n) is 2.57. The number of nitrogens with zero attached hydrogens (tertiary/aromatic N) is 3. The van der Waals surface area contributed by atoms with E-state index in [1.54, 1.807) is 6.20 Å². The molecule has 2 aromatic heterocycles. The maximum absolute atomic E-state index is 4.71. The average molecular weight is 396 g/mol. The minimum absolute atomic E-state index is 0.521. The van der Waals surface area contributed by atoms with E-state index < -0.39 is 0 Å². The average Bonchev–Trinajstić information content (AvgIpc) is 2.98. The Hall–Kier alpha value is -1.73. The Balaban J connectivity index is 1.83. The Morgan fingerprint density at radius 2 is 1.95 bits per heavy atom. The number of rotatable bonds is 3. The van der Waals surface area contributed by atoms with Crippen LogP contribution >= 0.6 is 31.9 Å². The molecule has 0 aliphatic carbocycles. The van der Waals surface area contributed by atoms with Crippen molar-refractivity contribution >= 4 is 43.4 Å². The number of nitrogens with one attached hydrogen (secondary N) is 1. The van der Waals surface area contributed by atoms with E-state index in [9.17, 15) is 0 Å². The molecule has 0 saturated carbocycles. The molecule has 2 heterocycles. The lowest BCUT2D eigenvalue weighted by Gasteiger charge is -2.08. The molecule has 0 aliphatic heterocycles. The van der Waals surface area contributed by atoms with Crippen LogP contribution in [0.5, 0.6) is 0 Å². The van der Waals surface area contributed by atoms with E-state index in [-0.39, 0.29) is 0 Å². The number of halogens is 2. The van der Waals surface area contributed by atoms with Crippen molar-refractivity contribution < 1.29 is 4.52 Å². The van der Waals surface area contributed by atoms with Gasteiger partial charge in [0.25, 0.3) is 0 Å². The summed E-state index contributed by atoms with van der Waals surface area (Å²) in [5.74, 6) is 1.25. The molecule has 0 aliphatic rings. The minimum Gasteiger partial charge on any atom is -0.342 e. The molecule has 0 radical (unpaired) electrons. The van der Waals surface area contributed by atoms with Gasteiger partial charge in [-0.15, -0.1) is 0 Å². The van der Waals surface area contributed by atoms with E-state index in [4.69, 9.17) is 4.52 Å². The van der Waals surface area contributed by atoms with Gasteiger partial charge in [-0.05, 0) is 46.3 Å². The van der Waals surface area contributed by atoms with Crippen LogP contribution in [0.2, 0.25) is 0 Å². The Morgan fingerprint density at radius 3 is 2.65 bits per heavy atom. The number of aromatic nitrogens is 3. The van der Waals surface area contributed by atoms with Crippen LogP contribution in [-0.2, 0) is 0 Å². The largest absolute Gasteiger partial charge is 0.342 e. The minimum atomic E-state index is 0.521. The van der Waals surface area contributed by atoms with Crippen molar-refractivity contribution in [1.29, 1.82) is 0 Å². The van der Waals surface area contributed by atoms with Crippen LogP contribution in [0.1, 0.15) is 0 Å². The van der Waals surface area contributed by atoms with Gasteiger partial charge in [0.1, 0.15) is 5.82 Å². The number of anilines is 2. The van der Waals surface area contributed by atoms with Crippen LogP contribution < -0.4 is 5.32 Å². The van der Waals surface area contributed by atoms with Crippen molar-refractivity contribution in [2.24, 2.45) is 0 Å². The zero-order valence-electron chi connectivity index (χ0n) is 10.0. The maximum atomic E-state index is 4.71. The van der Waals surface area contributed by atoms with Gasteiger partial charge in [0, 0.05) is 20.7 Å². The molecule has 3 rings (SSSR count). The lowest BCUT2D eigenvalue weighted by Crippen LogP contribution is -1.94. The normalized spacial score (nSPS) is 10.5. The fourth-order valence-electron chi connectivity index (χ4n) is 1.63. The van der Waals surface area contributed by atoms with Crippen LogP contribution in [0.4, 0.5) is 11.5 Å². The second-order valence-corrected chi connectivity index (χ2v) is 5.71. The van der Waals surface area contributed by atoms with Gasteiger partial charge in [0.2, 0.25) is 12.2 Å². The maximum Gasteiger partial charge on any atom is 0.214 e. The molecular formula is C13H8Br2N4O. The first-order chi connectivity index (χ1) is 9.72. The van der Waals surface area contributed by atoms with E-state index in [0.29, 0.717) is 5.82 Å². The summed E-state index contributed by atoms with van der Waals surface area (Å²) in [4.78, 5) is 8.31. The summed E-state index contributed by atoms with van der Waals surface area (Å²) in [7, 11) is 0. The highest BCUT2D eigenvalue weighted by Crippen LogP contribution is 2.28. The van der Waals surface area contributed by atoms with Crippen molar-refractivity contribution in [3.05, 3.63) is 51.9 Å². The predicted octanol–water partition coefficient (Wildman–Crippen LogP) is 4.40. The molecule has 0 saturated heterocycles. The summed E-state index contributed by atoms with van der Waals surface area (Å²) >= 11 is 6.93. The first-order valence-electron chi connectivity index (χ1n) is 5.67. The smallest absolute Gasteiger partial charge is 0.214 e. The van der Waals surface area contributed by atoms with Crippen molar-refractivity contribution in [3.8, 4) is 11.4 Å². The third kappa shape index (κ3) is 2.88. The molecule has 0 atom stereocenters. The van der Waals surface area contributed by atoms with Gasteiger partial charge in [0.05, 0.1) is 5.69 Å². The molecule has 0 bridgehead atoms. The number of hydrogen-bond acceptors (Lipinski definition) is 5. The van der Waals surface area contributed by atoms with Gasteiger partial charge in [-0.3, -0.25) is 0 Å². The van der Waals surface area contributed by atoms with E-state index >= 15 is 0 Å². The molecule has 7 heteroatoms. The first-order valence-corrected chi connectivity index (χ1v) is 7.26. The summed E-state index contributed by atoms with van der Waals surface area (Å²) in [6.07, 6.45) is 2.99. The van der Waals surface area contributed by atoms with E-state index in [0.717, 1.165) is 26.0 Å². The molecule has 1 N–H and O–H groups in total. The van der Waals surface area contributed by atoms with Gasteiger partial charge >= 0.3 is 0 Å². The highest BCUT2D eigenvalue weighted by molar-refractivity contribution is 9.11. The van der Waals surface area contributed by atoms with Crippen molar-refractivity contribution in [2.45, 2.75) is 0 Å². The quantitative estimate of drug-likeness (QED) is 0.711. The Bertz CT molecular complexity index is 714. The molecular weight excluding hydrogens is 388 g/mol. The molecule has 5 nitrogen and oxygen atoms in total. The fraction of sp³-hybridized carbons (Fsp3) is 0. The molecule has 0 unspecified atom stereocenters. The number of benzene rings is 1. The summed E-state index contributed by atoms with van der Waals surface area (Å²) < 4.78 is 6.66. The van der Waals surface area contributed by atoms with Crippen LogP contribution in [0.25, 0.3) is 11.4 Å². The molecule has 0 spiro atoms. The second-order valence-electron chi connectivity index (χ2n) is 3.94. The topological polar surface area (TPSA) is 63.8 Å². The van der Waals surface area contributed by atoms with Crippen molar-refractivity contribution in [2.75, 3.05) is 5.32 Å². The SMILES string of the molecule is Brc1ccc(Br)c(Nc2ccc(-c3ncon3)cn2)c1. The zero-order chi connectivity index (χ0) is 13.9. The number of hydrogen-bond donors (Lipinski definition) is 1. The van der Waals surface area contributed by atoms with Crippen LogP contribution in [0.3, 0.4) is 0 Å². The summed E-state index contributed by atoms with van der Waals surface area (Å²) in [6.45, 7) is 0. The van der Waals surface area contributed by atoms with Crippen LogP contribution in [-0.4, -0.2) is 15.1 Å². The van der Waals surface area contributed by atoms with Crippen molar-refractivity contribution in [1.82, 2.24) is 15.1 Å². The van der Waals surface area contributed by atoms with Crippen molar-refractivity contribution in [3.63, 3.8) is 0 Å². The van der Waals surface area contributed by atoms with Gasteiger partial charge in [0.15, 0.2) is 0 Å². The Labute approximate surface area is 131 Å². The lowest BCUT2D eigenvalue weighted by atomic mass is 10.2. The van der Waals surface area contributed by atoms with Gasteiger partial charge in [-0.2, -0.15) is 4.98 Å². The Morgan fingerprint density at radius 1 is 1.05 bits per heavy atom. The molecule has 20 heavy (non-hydrogen) atoms. The van der Waals surface area contributed by atoms with E-state index in [2.05, 4.69) is 52.3 Å². The summed E-state index contributed by atoms with van der Waals surface area (Å²) in [5.41, 5.74) is 1.73. The first kappa shape index (κ1) is 13.3. The van der Waals surface area contributed by atoms with Crippen LogP contribution in [0, 0.1) is 0 Å². The highest BCUT2D eigenvalue weighted by atomic mass is 79.9. The molecule has 1 aromatic carbocycles. The van der Waals surface area contributed by atoms with Crippen LogP contribution in [0.15, 0.2) is 56.4 Å². The van der Waals surface area contributed by atoms with Gasteiger partial charge < -0.3 is 9.84 Å². The summed E-state index contributed by atoms with van der Waals surface area (Å²) in [5, 5.41) is 7.00. The number of pyridine rings is 1. The molecule has 0 fully saturated rings. The standard InChI is InChI=1S/C13H8Br2N4O/c14-9-2-3-10(15)11(5-9)18-12-4-1-8(6-16-12)13-17-7-20-19-13/h1-7H,(H,16,18). The fourth-order valence-corrected chi connectivity index (χ4v) is 2.34. The Kier molecular flexibility index (Phi) is 3.79. The third-order valence-corrected chi connectivity index (χ3v) is 3.76. The van der Waals surface area contributed by atoms with E-state index in [1.165, 1.54) is 6.39 Å². The van der Waals surface area contributed by atoms with Gasteiger partial charge in [-0.1, -0.05) is 21.1 Å². The molecule has 3 aromatic rings. The second kappa shape index (κ2) is 5.72. The predicted molar refractivity (Wildman–Crippen MR) is 82.7 cm³/mol. The lowest BCUT2D eigenvalue weighted by molar-refractivity contribution is 0.418. The van der Waals surface area contributed by atoms with Gasteiger partial charge in [-0.25, -0.2) is 4.98 Å².